The van der Waals surface area contributed by atoms with Gasteiger partial charge in [0, 0.05) is 12.7 Å². The Hall–Kier alpha value is -2.55. The Bertz CT molecular complexity index is 687. The summed E-state index contributed by atoms with van der Waals surface area (Å²) in [6.45, 7) is 1.94. The molecule has 0 unspecified atom stereocenters. The Morgan fingerprint density at radius 2 is 2.05 bits per heavy atom. The van der Waals surface area contributed by atoms with Gasteiger partial charge in [-0.05, 0) is 36.2 Å². The lowest BCUT2D eigenvalue weighted by molar-refractivity contribution is -0.137. The van der Waals surface area contributed by atoms with Crippen LogP contribution in [0.1, 0.15) is 22.3 Å². The van der Waals surface area contributed by atoms with Crippen LogP contribution in [0.5, 0.6) is 0 Å². The average molecular weight is 291 g/mol. The normalized spacial score (nSPS) is 11.0. The molecule has 1 aromatic heterocycles. The summed E-state index contributed by atoms with van der Waals surface area (Å²) in [7, 11) is 0. The van der Waals surface area contributed by atoms with Crippen molar-refractivity contribution in [3.8, 4) is 6.07 Å². The van der Waals surface area contributed by atoms with E-state index in [-0.39, 0.29) is 6.54 Å². The van der Waals surface area contributed by atoms with Crippen molar-refractivity contribution in [3.05, 3.63) is 58.8 Å². The van der Waals surface area contributed by atoms with E-state index in [1.54, 1.807) is 25.3 Å². The van der Waals surface area contributed by atoms with Crippen LogP contribution in [0.25, 0.3) is 0 Å². The lowest BCUT2D eigenvalue weighted by atomic mass is 10.1. The van der Waals surface area contributed by atoms with Crippen LogP contribution in [0.3, 0.4) is 0 Å². The Morgan fingerprint density at radius 3 is 2.71 bits per heavy atom. The molecule has 6 heteroatoms. The van der Waals surface area contributed by atoms with Gasteiger partial charge in [0.05, 0.1) is 11.1 Å². The van der Waals surface area contributed by atoms with Gasteiger partial charge >= 0.3 is 6.18 Å². The Morgan fingerprint density at radius 1 is 1.29 bits per heavy atom. The summed E-state index contributed by atoms with van der Waals surface area (Å²) in [5.41, 5.74) is 0.931. The molecule has 0 amide bonds. The van der Waals surface area contributed by atoms with Crippen molar-refractivity contribution >= 4 is 5.82 Å². The van der Waals surface area contributed by atoms with Crippen LogP contribution in [-0.4, -0.2) is 4.98 Å². The van der Waals surface area contributed by atoms with Gasteiger partial charge in [0.1, 0.15) is 11.9 Å². The maximum absolute atomic E-state index is 12.6. The number of halogens is 3. The van der Waals surface area contributed by atoms with Crippen LogP contribution < -0.4 is 5.32 Å². The highest BCUT2D eigenvalue weighted by atomic mass is 19.4. The molecule has 2 rings (SSSR count). The number of anilines is 1. The molecule has 1 aromatic carbocycles. The van der Waals surface area contributed by atoms with Crippen molar-refractivity contribution in [1.82, 2.24) is 4.98 Å². The van der Waals surface area contributed by atoms with Gasteiger partial charge in [-0.25, -0.2) is 4.98 Å². The first kappa shape index (κ1) is 14.9. The summed E-state index contributed by atoms with van der Waals surface area (Å²) in [5.74, 6) is 0.370. The molecule has 108 valence electrons. The summed E-state index contributed by atoms with van der Waals surface area (Å²) in [4.78, 5) is 4.04. The van der Waals surface area contributed by atoms with Gasteiger partial charge in [-0.2, -0.15) is 18.4 Å². The second-order valence-electron chi connectivity index (χ2n) is 4.51. The molecule has 0 bridgehead atoms. The first-order valence-electron chi connectivity index (χ1n) is 6.17. The molecule has 0 aliphatic carbocycles. The molecule has 0 aliphatic rings. The number of rotatable bonds is 3. The van der Waals surface area contributed by atoms with Crippen LogP contribution in [0.2, 0.25) is 0 Å². The third kappa shape index (κ3) is 3.51. The van der Waals surface area contributed by atoms with Crippen molar-refractivity contribution in [2.45, 2.75) is 19.6 Å². The number of nitrogens with zero attached hydrogens (tertiary/aromatic N) is 2. The minimum Gasteiger partial charge on any atom is -0.365 e. The third-order valence-electron chi connectivity index (χ3n) is 2.99. The number of nitriles is 1. The quantitative estimate of drug-likeness (QED) is 0.933. The van der Waals surface area contributed by atoms with Crippen LogP contribution >= 0.6 is 0 Å². The Balaban J connectivity index is 2.18. The van der Waals surface area contributed by atoms with Crippen molar-refractivity contribution in [1.29, 1.82) is 5.26 Å². The minimum atomic E-state index is -4.37. The first-order valence-corrected chi connectivity index (χ1v) is 6.17. The molecule has 0 aliphatic heterocycles. The monoisotopic (exact) mass is 291 g/mol. The largest absolute Gasteiger partial charge is 0.416 e. The standard InChI is InChI=1S/C15H12F3N3/c1-10-5-6-20-14(13(10)8-19)21-9-11-3-2-4-12(7-11)15(16,17)18/h2-7H,9H2,1H3,(H,20,21). The zero-order valence-corrected chi connectivity index (χ0v) is 11.2. The van der Waals surface area contributed by atoms with Gasteiger partial charge in [-0.3, -0.25) is 0 Å². The molecular formula is C15H12F3N3. The Kier molecular flexibility index (Phi) is 4.13. The predicted octanol–water partition coefficient (Wildman–Crippen LogP) is 3.89. The summed E-state index contributed by atoms with van der Waals surface area (Å²) in [6.07, 6.45) is -2.82. The van der Waals surface area contributed by atoms with E-state index in [9.17, 15) is 13.2 Å². The van der Waals surface area contributed by atoms with Gasteiger partial charge in [0.2, 0.25) is 0 Å². The molecule has 3 nitrogen and oxygen atoms in total. The topological polar surface area (TPSA) is 48.7 Å². The number of nitrogens with one attached hydrogen (secondary N) is 1. The molecule has 0 atom stereocenters. The third-order valence-corrected chi connectivity index (χ3v) is 2.99. The van der Waals surface area contributed by atoms with Crippen molar-refractivity contribution in [3.63, 3.8) is 0 Å². The highest BCUT2D eigenvalue weighted by molar-refractivity contribution is 5.55. The predicted molar refractivity (Wildman–Crippen MR) is 72.5 cm³/mol. The fourth-order valence-corrected chi connectivity index (χ4v) is 1.88. The summed E-state index contributed by atoms with van der Waals surface area (Å²) in [5, 5.41) is 12.0. The molecule has 0 fully saturated rings. The summed E-state index contributed by atoms with van der Waals surface area (Å²) < 4.78 is 37.9. The number of hydrogen-bond donors (Lipinski definition) is 1. The lowest BCUT2D eigenvalue weighted by Gasteiger charge is -2.11. The van der Waals surface area contributed by atoms with E-state index in [1.165, 1.54) is 6.07 Å². The van der Waals surface area contributed by atoms with E-state index in [2.05, 4.69) is 10.3 Å². The lowest BCUT2D eigenvalue weighted by Crippen LogP contribution is -2.08. The summed E-state index contributed by atoms with van der Waals surface area (Å²) in [6, 6.07) is 8.78. The second kappa shape index (κ2) is 5.83. The van der Waals surface area contributed by atoms with E-state index in [1.807, 2.05) is 6.07 Å². The molecule has 21 heavy (non-hydrogen) atoms. The molecular weight excluding hydrogens is 279 g/mol. The highest BCUT2D eigenvalue weighted by Gasteiger charge is 2.30. The van der Waals surface area contributed by atoms with Gasteiger partial charge in [0.15, 0.2) is 0 Å². The molecule has 1 N–H and O–H groups in total. The fraction of sp³-hybridized carbons (Fsp3) is 0.200. The van der Waals surface area contributed by atoms with Crippen molar-refractivity contribution in [2.24, 2.45) is 0 Å². The number of aryl methyl sites for hydroxylation is 1. The highest BCUT2D eigenvalue weighted by Crippen LogP contribution is 2.29. The Labute approximate surface area is 120 Å². The maximum atomic E-state index is 12.6. The summed E-state index contributed by atoms with van der Waals surface area (Å²) >= 11 is 0. The molecule has 2 aromatic rings. The van der Waals surface area contributed by atoms with Gasteiger partial charge in [0.25, 0.3) is 0 Å². The number of hydrogen-bond acceptors (Lipinski definition) is 3. The number of aromatic nitrogens is 1. The smallest absolute Gasteiger partial charge is 0.365 e. The van der Waals surface area contributed by atoms with E-state index >= 15 is 0 Å². The van der Waals surface area contributed by atoms with E-state index in [0.29, 0.717) is 16.9 Å². The van der Waals surface area contributed by atoms with Gasteiger partial charge in [-0.1, -0.05) is 12.1 Å². The maximum Gasteiger partial charge on any atom is 0.416 e. The van der Waals surface area contributed by atoms with Crippen LogP contribution in [0, 0.1) is 18.3 Å². The number of alkyl halides is 3. The zero-order chi connectivity index (χ0) is 15.5. The van der Waals surface area contributed by atoms with E-state index < -0.39 is 11.7 Å². The van der Waals surface area contributed by atoms with Crippen LogP contribution in [0.15, 0.2) is 36.5 Å². The molecule has 1 heterocycles. The van der Waals surface area contributed by atoms with Crippen molar-refractivity contribution < 1.29 is 13.2 Å². The number of benzene rings is 1. The van der Waals surface area contributed by atoms with Crippen LogP contribution in [0.4, 0.5) is 19.0 Å². The zero-order valence-electron chi connectivity index (χ0n) is 11.2. The van der Waals surface area contributed by atoms with Gasteiger partial charge < -0.3 is 5.32 Å². The second-order valence-corrected chi connectivity index (χ2v) is 4.51. The SMILES string of the molecule is Cc1ccnc(NCc2cccc(C(F)(F)F)c2)c1C#N. The van der Waals surface area contributed by atoms with Gasteiger partial charge in [-0.15, -0.1) is 0 Å². The minimum absolute atomic E-state index is 0.162. The molecule has 0 radical (unpaired) electrons. The van der Waals surface area contributed by atoms with E-state index in [4.69, 9.17) is 5.26 Å². The van der Waals surface area contributed by atoms with Crippen LogP contribution in [-0.2, 0) is 12.7 Å². The first-order chi connectivity index (χ1) is 9.91. The molecule has 0 saturated carbocycles. The fourth-order valence-electron chi connectivity index (χ4n) is 1.88. The average Bonchev–Trinajstić information content (AvgIpc) is 2.44. The van der Waals surface area contributed by atoms with E-state index in [0.717, 1.165) is 17.7 Å². The number of pyridine rings is 1. The molecule has 0 spiro atoms. The van der Waals surface area contributed by atoms with Crippen molar-refractivity contribution in [2.75, 3.05) is 5.32 Å². The molecule has 0 saturated heterocycles.